The second kappa shape index (κ2) is 3.72. The first kappa shape index (κ1) is 9.70. The fraction of sp³-hybridized carbons (Fsp3) is 0.615. The Kier molecular flexibility index (Phi) is 2.58. The zero-order chi connectivity index (χ0) is 10.1. The van der Waals surface area contributed by atoms with E-state index in [0.717, 1.165) is 12.3 Å². The van der Waals surface area contributed by atoms with Gasteiger partial charge >= 0.3 is 0 Å². The number of aromatic nitrogens is 1. The molecule has 1 unspecified atom stereocenters. The van der Waals surface area contributed by atoms with Crippen LogP contribution >= 0.6 is 0 Å². The topological polar surface area (TPSA) is 12.9 Å². The summed E-state index contributed by atoms with van der Waals surface area (Å²) >= 11 is 0. The third kappa shape index (κ3) is 1.68. The van der Waals surface area contributed by atoms with E-state index in [1.807, 2.05) is 0 Å². The number of pyridine rings is 1. The lowest BCUT2D eigenvalue weighted by atomic mass is 9.84. The van der Waals surface area contributed by atoms with Crippen LogP contribution in [-0.2, 0) is 19.3 Å². The standard InChI is InChI=1S/C13H19N/c1-4-11-8-10(3)14-13-6-5-9(2)7-12(11)13/h8-9H,4-7H2,1-3H3. The van der Waals surface area contributed by atoms with Crippen LogP contribution in [-0.4, -0.2) is 4.98 Å². The van der Waals surface area contributed by atoms with E-state index in [0.29, 0.717) is 0 Å². The van der Waals surface area contributed by atoms with Crippen LogP contribution in [0.3, 0.4) is 0 Å². The van der Waals surface area contributed by atoms with Gasteiger partial charge in [-0.1, -0.05) is 13.8 Å². The molecule has 0 aromatic carbocycles. The fourth-order valence-corrected chi connectivity index (χ4v) is 2.44. The predicted molar refractivity (Wildman–Crippen MR) is 59.5 cm³/mol. The van der Waals surface area contributed by atoms with Crippen LogP contribution in [0.15, 0.2) is 6.07 Å². The lowest BCUT2D eigenvalue weighted by Crippen LogP contribution is -2.15. The molecule has 0 bridgehead atoms. The molecular weight excluding hydrogens is 170 g/mol. The molecule has 0 radical (unpaired) electrons. The molecule has 1 aliphatic rings. The lowest BCUT2D eigenvalue weighted by Gasteiger charge is -2.23. The van der Waals surface area contributed by atoms with Gasteiger partial charge < -0.3 is 0 Å². The van der Waals surface area contributed by atoms with E-state index in [9.17, 15) is 0 Å². The minimum Gasteiger partial charge on any atom is -0.258 e. The van der Waals surface area contributed by atoms with Crippen molar-refractivity contribution in [1.82, 2.24) is 4.98 Å². The highest BCUT2D eigenvalue weighted by Crippen LogP contribution is 2.27. The van der Waals surface area contributed by atoms with Crippen molar-refractivity contribution in [2.45, 2.75) is 46.5 Å². The van der Waals surface area contributed by atoms with E-state index in [4.69, 9.17) is 0 Å². The van der Waals surface area contributed by atoms with Gasteiger partial charge in [0.05, 0.1) is 0 Å². The number of nitrogens with zero attached hydrogens (tertiary/aromatic N) is 1. The van der Waals surface area contributed by atoms with E-state index >= 15 is 0 Å². The average molecular weight is 189 g/mol. The molecule has 0 saturated heterocycles. The molecule has 1 atom stereocenters. The van der Waals surface area contributed by atoms with Gasteiger partial charge in [0, 0.05) is 11.4 Å². The van der Waals surface area contributed by atoms with Crippen molar-refractivity contribution in [3.8, 4) is 0 Å². The molecule has 0 spiro atoms. The van der Waals surface area contributed by atoms with E-state index in [1.54, 1.807) is 5.56 Å². The monoisotopic (exact) mass is 189 g/mol. The smallest absolute Gasteiger partial charge is 0.0441 e. The molecule has 1 aromatic rings. The Balaban J connectivity index is 2.47. The zero-order valence-corrected chi connectivity index (χ0v) is 9.43. The minimum atomic E-state index is 0.845. The van der Waals surface area contributed by atoms with Crippen molar-refractivity contribution in [1.29, 1.82) is 0 Å². The van der Waals surface area contributed by atoms with Crippen molar-refractivity contribution in [2.24, 2.45) is 5.92 Å². The van der Waals surface area contributed by atoms with E-state index in [2.05, 4.69) is 31.8 Å². The van der Waals surface area contributed by atoms with Gasteiger partial charge in [0.1, 0.15) is 0 Å². The Hall–Kier alpha value is -0.850. The molecule has 0 amide bonds. The molecule has 1 heterocycles. The third-order valence-corrected chi connectivity index (χ3v) is 3.24. The summed E-state index contributed by atoms with van der Waals surface area (Å²) in [6.45, 7) is 6.70. The fourth-order valence-electron chi connectivity index (χ4n) is 2.44. The van der Waals surface area contributed by atoms with Gasteiger partial charge in [0.15, 0.2) is 0 Å². The number of hydrogen-bond donors (Lipinski definition) is 0. The first-order valence-corrected chi connectivity index (χ1v) is 5.69. The van der Waals surface area contributed by atoms with Crippen molar-refractivity contribution in [3.05, 3.63) is 28.6 Å². The maximum absolute atomic E-state index is 4.66. The second-order valence-electron chi connectivity index (χ2n) is 4.55. The van der Waals surface area contributed by atoms with Gasteiger partial charge in [-0.3, -0.25) is 4.98 Å². The summed E-state index contributed by atoms with van der Waals surface area (Å²) < 4.78 is 0. The van der Waals surface area contributed by atoms with Crippen LogP contribution in [0, 0.1) is 12.8 Å². The van der Waals surface area contributed by atoms with Gasteiger partial charge in [-0.15, -0.1) is 0 Å². The van der Waals surface area contributed by atoms with Gasteiger partial charge in [-0.05, 0) is 55.7 Å². The Morgan fingerprint density at radius 2 is 2.29 bits per heavy atom. The van der Waals surface area contributed by atoms with Crippen LogP contribution in [0.5, 0.6) is 0 Å². The van der Waals surface area contributed by atoms with E-state index in [-0.39, 0.29) is 0 Å². The highest BCUT2D eigenvalue weighted by atomic mass is 14.7. The molecule has 0 fully saturated rings. The molecule has 1 aliphatic carbocycles. The van der Waals surface area contributed by atoms with Crippen LogP contribution in [0.2, 0.25) is 0 Å². The van der Waals surface area contributed by atoms with Crippen LogP contribution in [0.1, 0.15) is 42.8 Å². The van der Waals surface area contributed by atoms with Crippen molar-refractivity contribution < 1.29 is 0 Å². The Labute approximate surface area is 86.6 Å². The molecule has 76 valence electrons. The molecule has 0 aliphatic heterocycles. The number of rotatable bonds is 1. The van der Waals surface area contributed by atoms with Crippen LogP contribution in [0.25, 0.3) is 0 Å². The summed E-state index contributed by atoms with van der Waals surface area (Å²) in [7, 11) is 0. The molecule has 1 aromatic heterocycles. The zero-order valence-electron chi connectivity index (χ0n) is 9.43. The normalized spacial score (nSPS) is 20.6. The summed E-state index contributed by atoms with van der Waals surface area (Å²) in [5, 5.41) is 0. The Bertz CT molecular complexity index is 324. The first-order valence-electron chi connectivity index (χ1n) is 5.69. The summed E-state index contributed by atoms with van der Waals surface area (Å²) in [4.78, 5) is 4.66. The quantitative estimate of drug-likeness (QED) is 0.661. The highest BCUT2D eigenvalue weighted by Gasteiger charge is 2.18. The van der Waals surface area contributed by atoms with Gasteiger partial charge in [0.2, 0.25) is 0 Å². The average Bonchev–Trinajstić information content (AvgIpc) is 2.17. The third-order valence-electron chi connectivity index (χ3n) is 3.24. The maximum Gasteiger partial charge on any atom is 0.0441 e. The summed E-state index contributed by atoms with van der Waals surface area (Å²) in [6.07, 6.45) is 4.89. The van der Waals surface area contributed by atoms with Crippen LogP contribution in [0.4, 0.5) is 0 Å². The Morgan fingerprint density at radius 1 is 1.50 bits per heavy atom. The predicted octanol–water partition coefficient (Wildman–Crippen LogP) is 3.08. The maximum atomic E-state index is 4.66. The molecule has 1 heteroatoms. The summed E-state index contributed by atoms with van der Waals surface area (Å²) in [5.41, 5.74) is 5.64. The van der Waals surface area contributed by atoms with Crippen molar-refractivity contribution in [2.75, 3.05) is 0 Å². The molecular formula is C13H19N. The molecule has 2 rings (SSSR count). The number of fused-ring (bicyclic) bond motifs is 1. The molecule has 0 N–H and O–H groups in total. The SMILES string of the molecule is CCc1cc(C)nc2c1CC(C)CC2. The van der Waals surface area contributed by atoms with Gasteiger partial charge in [-0.25, -0.2) is 0 Å². The number of hydrogen-bond acceptors (Lipinski definition) is 1. The highest BCUT2D eigenvalue weighted by molar-refractivity contribution is 5.34. The van der Waals surface area contributed by atoms with Crippen molar-refractivity contribution in [3.63, 3.8) is 0 Å². The van der Waals surface area contributed by atoms with Gasteiger partial charge in [-0.2, -0.15) is 0 Å². The first-order chi connectivity index (χ1) is 6.70. The Morgan fingerprint density at radius 3 is 3.00 bits per heavy atom. The van der Waals surface area contributed by atoms with Crippen molar-refractivity contribution >= 4 is 0 Å². The summed E-state index contributed by atoms with van der Waals surface area (Å²) in [6, 6.07) is 2.26. The van der Waals surface area contributed by atoms with E-state index in [1.165, 1.54) is 36.2 Å². The molecule has 1 nitrogen and oxygen atoms in total. The molecule has 14 heavy (non-hydrogen) atoms. The second-order valence-corrected chi connectivity index (χ2v) is 4.55. The molecule has 0 saturated carbocycles. The van der Waals surface area contributed by atoms with Gasteiger partial charge in [0.25, 0.3) is 0 Å². The summed E-state index contributed by atoms with van der Waals surface area (Å²) in [5.74, 6) is 0.845. The lowest BCUT2D eigenvalue weighted by molar-refractivity contribution is 0.490. The van der Waals surface area contributed by atoms with E-state index < -0.39 is 0 Å². The number of aryl methyl sites for hydroxylation is 3. The van der Waals surface area contributed by atoms with Crippen LogP contribution < -0.4 is 0 Å². The largest absolute Gasteiger partial charge is 0.258 e. The minimum absolute atomic E-state index is 0.845.